The van der Waals surface area contributed by atoms with Crippen LogP contribution in [-0.4, -0.2) is 9.97 Å². The first-order valence-corrected chi connectivity index (χ1v) is 20.1. The first kappa shape index (κ1) is 34.5. The van der Waals surface area contributed by atoms with Gasteiger partial charge in [-0.1, -0.05) is 139 Å². The average molecular weight is 751 g/mol. The lowest BCUT2D eigenvalue weighted by molar-refractivity contribution is 0.591. The molecule has 0 spiro atoms. The van der Waals surface area contributed by atoms with Crippen LogP contribution in [0.15, 0.2) is 155 Å². The normalized spacial score (nSPS) is 12.7. The molecule has 8 aromatic carbocycles. The standard InChI is InChI=1S/C54H42N2O2/c1-53(2,3)35-21-23-37-38-24-22-36(54(4,5)6)28-42(38)51-50(41(37)27-35)55-30-44(56-51)33-15-11-13-31(25-33)32-14-12-16-34(26-32)48-49-40-18-8-10-20-46(40)57-47(49)29-43-39-17-7-9-19-45(39)58-52(43)48/h7-30H,1-6H3. The van der Waals surface area contributed by atoms with Gasteiger partial charge in [-0.25, -0.2) is 4.98 Å². The number of nitrogens with zero attached hydrogens (tertiary/aromatic N) is 2. The maximum absolute atomic E-state index is 6.67. The van der Waals surface area contributed by atoms with E-state index in [1.54, 1.807) is 0 Å². The minimum atomic E-state index is -0.00804. The first-order chi connectivity index (χ1) is 28.0. The molecule has 0 bridgehead atoms. The fourth-order valence-corrected chi connectivity index (χ4v) is 8.85. The lowest BCUT2D eigenvalue weighted by Crippen LogP contribution is -2.11. The number of fused-ring (bicyclic) bond motifs is 12. The summed E-state index contributed by atoms with van der Waals surface area (Å²) in [4.78, 5) is 10.7. The summed E-state index contributed by atoms with van der Waals surface area (Å²) in [7, 11) is 0. The number of rotatable bonds is 3. The fraction of sp³-hybridized carbons (Fsp3) is 0.148. The van der Waals surface area contributed by atoms with Crippen LogP contribution < -0.4 is 0 Å². The van der Waals surface area contributed by atoms with Crippen molar-refractivity contribution in [2.24, 2.45) is 0 Å². The van der Waals surface area contributed by atoms with Crippen LogP contribution in [0, 0.1) is 0 Å². The second-order valence-corrected chi connectivity index (χ2v) is 17.8. The van der Waals surface area contributed by atoms with Crippen LogP contribution in [0.25, 0.3) is 110 Å². The van der Waals surface area contributed by atoms with Crippen LogP contribution in [0.2, 0.25) is 0 Å². The Morgan fingerprint density at radius 1 is 0.414 bits per heavy atom. The molecular formula is C54H42N2O2. The summed E-state index contributed by atoms with van der Waals surface area (Å²) in [6, 6.07) is 49.8. The van der Waals surface area contributed by atoms with Gasteiger partial charge in [0.15, 0.2) is 0 Å². The van der Waals surface area contributed by atoms with Gasteiger partial charge in [0.1, 0.15) is 22.3 Å². The van der Waals surface area contributed by atoms with Gasteiger partial charge in [0.25, 0.3) is 0 Å². The van der Waals surface area contributed by atoms with Gasteiger partial charge in [0.2, 0.25) is 0 Å². The van der Waals surface area contributed by atoms with E-state index in [1.165, 1.54) is 21.9 Å². The van der Waals surface area contributed by atoms with Gasteiger partial charge >= 0.3 is 0 Å². The van der Waals surface area contributed by atoms with Crippen molar-refractivity contribution < 1.29 is 8.83 Å². The van der Waals surface area contributed by atoms with Crippen molar-refractivity contribution in [1.82, 2.24) is 9.97 Å². The topological polar surface area (TPSA) is 52.1 Å². The molecule has 4 nitrogen and oxygen atoms in total. The SMILES string of the molecule is CC(C)(C)c1ccc2c3ccc(C(C)(C)C)cc3c3nc(-c4cccc(-c5cccc(-c6c7oc8ccccc8c7cc7oc8ccccc8c67)c5)c4)cnc3c2c1. The third-order valence-corrected chi connectivity index (χ3v) is 12.0. The van der Waals surface area contributed by atoms with Crippen LogP contribution in [0.1, 0.15) is 52.7 Å². The van der Waals surface area contributed by atoms with E-state index in [1.807, 2.05) is 30.5 Å². The van der Waals surface area contributed by atoms with Crippen molar-refractivity contribution in [1.29, 1.82) is 0 Å². The maximum atomic E-state index is 6.67. The summed E-state index contributed by atoms with van der Waals surface area (Å²) in [5.41, 5.74) is 14.0. The van der Waals surface area contributed by atoms with Crippen molar-refractivity contribution in [3.8, 4) is 33.5 Å². The molecule has 0 radical (unpaired) electrons. The summed E-state index contributed by atoms with van der Waals surface area (Å²) in [5.74, 6) is 0. The molecule has 58 heavy (non-hydrogen) atoms. The Morgan fingerprint density at radius 2 is 0.983 bits per heavy atom. The van der Waals surface area contributed by atoms with Gasteiger partial charge in [-0.05, 0) is 91.9 Å². The van der Waals surface area contributed by atoms with E-state index in [0.717, 1.165) is 99.2 Å². The number of aromatic nitrogens is 2. The molecule has 4 heteroatoms. The van der Waals surface area contributed by atoms with Crippen molar-refractivity contribution in [2.75, 3.05) is 0 Å². The highest BCUT2D eigenvalue weighted by Gasteiger charge is 2.23. The number of benzene rings is 8. The Labute approximate surface area is 336 Å². The summed E-state index contributed by atoms with van der Waals surface area (Å²) in [6.45, 7) is 13.6. The Balaban J connectivity index is 1.09. The molecule has 3 heterocycles. The maximum Gasteiger partial charge on any atom is 0.144 e. The molecule has 0 unspecified atom stereocenters. The number of hydrogen-bond acceptors (Lipinski definition) is 4. The molecule has 0 amide bonds. The molecular weight excluding hydrogens is 709 g/mol. The molecule has 0 aliphatic rings. The zero-order valence-electron chi connectivity index (χ0n) is 33.6. The van der Waals surface area contributed by atoms with E-state index in [-0.39, 0.29) is 10.8 Å². The van der Waals surface area contributed by atoms with E-state index >= 15 is 0 Å². The largest absolute Gasteiger partial charge is 0.456 e. The summed E-state index contributed by atoms with van der Waals surface area (Å²) in [5, 5.41) is 8.93. The summed E-state index contributed by atoms with van der Waals surface area (Å²) < 4.78 is 13.2. The third-order valence-electron chi connectivity index (χ3n) is 12.0. The zero-order valence-corrected chi connectivity index (χ0v) is 33.6. The molecule has 0 aliphatic carbocycles. The lowest BCUT2D eigenvalue weighted by Gasteiger charge is -2.22. The molecule has 0 atom stereocenters. The Hall–Kier alpha value is -6.78. The van der Waals surface area contributed by atoms with Crippen LogP contribution >= 0.6 is 0 Å². The predicted molar refractivity (Wildman–Crippen MR) is 243 cm³/mol. The highest BCUT2D eigenvalue weighted by Crippen LogP contribution is 2.46. The highest BCUT2D eigenvalue weighted by molar-refractivity contribution is 6.25. The van der Waals surface area contributed by atoms with Crippen molar-refractivity contribution in [3.63, 3.8) is 0 Å². The van der Waals surface area contributed by atoms with Gasteiger partial charge in [-0.15, -0.1) is 0 Å². The van der Waals surface area contributed by atoms with Gasteiger partial charge < -0.3 is 8.83 Å². The Bertz CT molecular complexity index is 3470. The third kappa shape index (κ3) is 5.35. The molecule has 0 saturated heterocycles. The smallest absolute Gasteiger partial charge is 0.144 e. The zero-order chi connectivity index (χ0) is 39.5. The first-order valence-electron chi connectivity index (χ1n) is 20.1. The monoisotopic (exact) mass is 750 g/mol. The minimum Gasteiger partial charge on any atom is -0.456 e. The van der Waals surface area contributed by atoms with Gasteiger partial charge in [-0.2, -0.15) is 0 Å². The number of para-hydroxylation sites is 2. The van der Waals surface area contributed by atoms with Crippen LogP contribution in [0.5, 0.6) is 0 Å². The van der Waals surface area contributed by atoms with Crippen LogP contribution in [0.3, 0.4) is 0 Å². The molecule has 0 saturated carbocycles. The van der Waals surface area contributed by atoms with Crippen LogP contribution in [0.4, 0.5) is 0 Å². The quantitative estimate of drug-likeness (QED) is 0.169. The van der Waals surface area contributed by atoms with Crippen molar-refractivity contribution in [3.05, 3.63) is 157 Å². The molecule has 11 rings (SSSR count). The Morgan fingerprint density at radius 3 is 1.66 bits per heavy atom. The van der Waals surface area contributed by atoms with Crippen molar-refractivity contribution in [2.45, 2.75) is 52.4 Å². The summed E-state index contributed by atoms with van der Waals surface area (Å²) in [6.07, 6.45) is 1.95. The summed E-state index contributed by atoms with van der Waals surface area (Å²) >= 11 is 0. The number of hydrogen-bond donors (Lipinski definition) is 0. The molecule has 280 valence electrons. The van der Waals surface area contributed by atoms with Gasteiger partial charge in [0, 0.05) is 43.4 Å². The Kier molecular flexibility index (Phi) is 7.34. The highest BCUT2D eigenvalue weighted by atomic mass is 16.3. The molecule has 0 aliphatic heterocycles. The van der Waals surface area contributed by atoms with E-state index in [9.17, 15) is 0 Å². The minimum absolute atomic E-state index is 0.00751. The van der Waals surface area contributed by atoms with Gasteiger partial charge in [0.05, 0.1) is 22.9 Å². The van der Waals surface area contributed by atoms with Gasteiger partial charge in [-0.3, -0.25) is 4.98 Å². The molecule has 0 fully saturated rings. The van der Waals surface area contributed by atoms with E-state index in [4.69, 9.17) is 18.8 Å². The second kappa shape index (κ2) is 12.4. The molecule has 11 aromatic rings. The predicted octanol–water partition coefficient (Wildman–Crippen LogP) is 15.3. The lowest BCUT2D eigenvalue weighted by atomic mass is 9.83. The molecule has 0 N–H and O–H groups in total. The molecule has 3 aromatic heterocycles. The van der Waals surface area contributed by atoms with E-state index in [2.05, 4.69) is 157 Å². The van der Waals surface area contributed by atoms with E-state index in [0.29, 0.717) is 0 Å². The van der Waals surface area contributed by atoms with E-state index < -0.39 is 0 Å². The van der Waals surface area contributed by atoms with Crippen LogP contribution in [-0.2, 0) is 10.8 Å². The van der Waals surface area contributed by atoms with Crippen molar-refractivity contribution >= 4 is 76.5 Å². The fourth-order valence-electron chi connectivity index (χ4n) is 8.85. The number of furan rings is 2. The average Bonchev–Trinajstić information content (AvgIpc) is 3.80. The second-order valence-electron chi connectivity index (χ2n) is 17.8.